The highest BCUT2D eigenvalue weighted by atomic mass is 16.5. The molecule has 2 aliphatic rings. The number of hydrogen-bond acceptors (Lipinski definition) is 2. The Kier molecular flexibility index (Phi) is 4.30. The minimum Gasteiger partial charge on any atom is -0.496 e. The quantitative estimate of drug-likeness (QED) is 0.895. The molecule has 0 aromatic heterocycles. The molecule has 0 spiro atoms. The topological polar surface area (TPSA) is 21.3 Å². The predicted molar refractivity (Wildman–Crippen MR) is 83.2 cm³/mol. The van der Waals surface area contributed by atoms with E-state index >= 15 is 0 Å². The zero-order valence-corrected chi connectivity index (χ0v) is 12.8. The van der Waals surface area contributed by atoms with E-state index in [0.29, 0.717) is 6.04 Å². The molecule has 1 N–H and O–H groups in total. The van der Waals surface area contributed by atoms with Crippen molar-refractivity contribution in [2.24, 2.45) is 11.8 Å². The van der Waals surface area contributed by atoms with Gasteiger partial charge in [-0.25, -0.2) is 0 Å². The van der Waals surface area contributed by atoms with Gasteiger partial charge < -0.3 is 10.1 Å². The number of rotatable bonds is 3. The third kappa shape index (κ3) is 2.58. The molecule has 1 heterocycles. The van der Waals surface area contributed by atoms with Crippen LogP contribution in [0.3, 0.4) is 0 Å². The summed E-state index contributed by atoms with van der Waals surface area (Å²) < 4.78 is 5.55. The highest BCUT2D eigenvalue weighted by Gasteiger charge is 2.31. The molecular formula is C18H27NO. The lowest BCUT2D eigenvalue weighted by Gasteiger charge is -2.38. The van der Waals surface area contributed by atoms with Crippen molar-refractivity contribution in [3.05, 3.63) is 29.3 Å². The van der Waals surface area contributed by atoms with Gasteiger partial charge in [-0.3, -0.25) is 0 Å². The fourth-order valence-electron chi connectivity index (χ4n) is 4.15. The van der Waals surface area contributed by atoms with Crippen LogP contribution >= 0.6 is 0 Å². The smallest absolute Gasteiger partial charge is 0.122 e. The maximum Gasteiger partial charge on any atom is 0.122 e. The minimum absolute atomic E-state index is 0.548. The number of hydrogen-bond donors (Lipinski definition) is 1. The van der Waals surface area contributed by atoms with Crippen LogP contribution < -0.4 is 10.1 Å². The van der Waals surface area contributed by atoms with Crippen LogP contribution in [0.2, 0.25) is 0 Å². The van der Waals surface area contributed by atoms with E-state index < -0.39 is 0 Å². The van der Waals surface area contributed by atoms with Crippen LogP contribution in [0, 0.1) is 11.8 Å². The minimum atomic E-state index is 0.548. The lowest BCUT2D eigenvalue weighted by atomic mass is 9.74. The summed E-state index contributed by atoms with van der Waals surface area (Å²) in [5.41, 5.74) is 2.94. The number of fused-ring (bicyclic) bond motifs is 1. The van der Waals surface area contributed by atoms with Crippen LogP contribution in [0.1, 0.15) is 56.2 Å². The number of nitrogens with one attached hydrogen (secondary N) is 1. The van der Waals surface area contributed by atoms with Crippen molar-refractivity contribution in [1.29, 1.82) is 0 Å². The molecular weight excluding hydrogens is 246 g/mol. The first-order chi connectivity index (χ1) is 9.83. The Morgan fingerprint density at radius 3 is 2.70 bits per heavy atom. The molecule has 1 atom stereocenters. The second-order valence-corrected chi connectivity index (χ2v) is 6.40. The molecule has 3 rings (SSSR count). The summed E-state index contributed by atoms with van der Waals surface area (Å²) in [6.07, 6.45) is 8.05. The molecule has 0 radical (unpaired) electrons. The van der Waals surface area contributed by atoms with Crippen LogP contribution in [-0.2, 0) is 6.42 Å². The Morgan fingerprint density at radius 1 is 1.20 bits per heavy atom. The Labute approximate surface area is 122 Å². The number of benzene rings is 1. The van der Waals surface area contributed by atoms with Crippen LogP contribution in [-0.4, -0.2) is 13.7 Å². The summed E-state index contributed by atoms with van der Waals surface area (Å²) in [6.45, 7) is 3.43. The molecule has 1 aromatic carbocycles. The predicted octanol–water partition coefficient (Wildman–Crippen LogP) is 4.10. The normalized spacial score (nSPS) is 29.8. The Bertz CT molecular complexity index is 449. The van der Waals surface area contributed by atoms with E-state index in [-0.39, 0.29) is 0 Å². The van der Waals surface area contributed by atoms with Gasteiger partial charge >= 0.3 is 0 Å². The van der Waals surface area contributed by atoms with E-state index in [1.807, 2.05) is 0 Å². The van der Waals surface area contributed by atoms with Gasteiger partial charge in [0.15, 0.2) is 0 Å². The van der Waals surface area contributed by atoms with Crippen LogP contribution in [0.4, 0.5) is 0 Å². The summed E-state index contributed by atoms with van der Waals surface area (Å²) in [4.78, 5) is 0. The maximum atomic E-state index is 5.55. The molecule has 1 saturated carbocycles. The second-order valence-electron chi connectivity index (χ2n) is 6.40. The van der Waals surface area contributed by atoms with Crippen molar-refractivity contribution in [2.45, 2.75) is 51.5 Å². The molecule has 1 aliphatic carbocycles. The SMILES string of the molecule is CCC1CCC(C2NCCc3c(OC)cccc32)CC1. The van der Waals surface area contributed by atoms with E-state index in [0.717, 1.165) is 30.6 Å². The van der Waals surface area contributed by atoms with E-state index in [1.54, 1.807) is 7.11 Å². The molecule has 0 saturated heterocycles. The van der Waals surface area contributed by atoms with Crippen molar-refractivity contribution in [2.75, 3.05) is 13.7 Å². The Morgan fingerprint density at radius 2 is 2.00 bits per heavy atom. The van der Waals surface area contributed by atoms with Crippen LogP contribution in [0.5, 0.6) is 5.75 Å². The van der Waals surface area contributed by atoms with Crippen molar-refractivity contribution in [3.8, 4) is 5.75 Å². The first kappa shape index (κ1) is 13.9. The van der Waals surface area contributed by atoms with Gasteiger partial charge in [0.2, 0.25) is 0 Å². The summed E-state index contributed by atoms with van der Waals surface area (Å²) in [6, 6.07) is 7.11. The van der Waals surface area contributed by atoms with Gasteiger partial charge in [0.25, 0.3) is 0 Å². The van der Waals surface area contributed by atoms with E-state index in [2.05, 4.69) is 30.4 Å². The summed E-state index contributed by atoms with van der Waals surface area (Å²) in [5, 5.41) is 3.77. The monoisotopic (exact) mass is 273 g/mol. The third-order valence-electron chi connectivity index (χ3n) is 5.40. The Hall–Kier alpha value is -1.02. The van der Waals surface area contributed by atoms with E-state index in [9.17, 15) is 0 Å². The summed E-state index contributed by atoms with van der Waals surface area (Å²) in [5.74, 6) is 2.86. The number of methoxy groups -OCH3 is 1. The largest absolute Gasteiger partial charge is 0.496 e. The fourth-order valence-corrected chi connectivity index (χ4v) is 4.15. The van der Waals surface area contributed by atoms with Gasteiger partial charge in [-0.1, -0.05) is 38.3 Å². The average Bonchev–Trinajstić information content (AvgIpc) is 2.54. The van der Waals surface area contributed by atoms with Crippen LogP contribution in [0.25, 0.3) is 0 Å². The molecule has 2 heteroatoms. The van der Waals surface area contributed by atoms with Crippen molar-refractivity contribution in [3.63, 3.8) is 0 Å². The molecule has 1 unspecified atom stereocenters. The summed E-state index contributed by atoms with van der Waals surface area (Å²) in [7, 11) is 1.79. The lowest BCUT2D eigenvalue weighted by molar-refractivity contribution is 0.213. The zero-order chi connectivity index (χ0) is 13.9. The van der Waals surface area contributed by atoms with Gasteiger partial charge in [0.1, 0.15) is 5.75 Å². The number of ether oxygens (including phenoxy) is 1. The van der Waals surface area contributed by atoms with E-state index in [4.69, 9.17) is 4.74 Å². The van der Waals surface area contributed by atoms with Crippen molar-refractivity contribution < 1.29 is 4.74 Å². The zero-order valence-electron chi connectivity index (χ0n) is 12.8. The third-order valence-corrected chi connectivity index (χ3v) is 5.40. The molecule has 0 amide bonds. The highest BCUT2D eigenvalue weighted by Crippen LogP contribution is 2.41. The van der Waals surface area contributed by atoms with Gasteiger partial charge in [-0.2, -0.15) is 0 Å². The first-order valence-corrected chi connectivity index (χ1v) is 8.22. The standard InChI is InChI=1S/C18H27NO/c1-3-13-7-9-14(10-8-13)18-16-5-4-6-17(20-2)15(16)11-12-19-18/h4-6,13-14,18-19H,3,7-12H2,1-2H3. The fraction of sp³-hybridized carbons (Fsp3) is 0.667. The van der Waals surface area contributed by atoms with Gasteiger partial charge in [0, 0.05) is 11.6 Å². The Balaban J connectivity index is 1.80. The molecule has 0 bridgehead atoms. The molecule has 110 valence electrons. The molecule has 1 aromatic rings. The lowest BCUT2D eigenvalue weighted by Crippen LogP contribution is -2.36. The van der Waals surface area contributed by atoms with E-state index in [1.165, 1.54) is 43.2 Å². The van der Waals surface area contributed by atoms with Gasteiger partial charge in [-0.05, 0) is 49.3 Å². The average molecular weight is 273 g/mol. The molecule has 2 nitrogen and oxygen atoms in total. The van der Waals surface area contributed by atoms with Crippen LogP contribution in [0.15, 0.2) is 18.2 Å². The van der Waals surface area contributed by atoms with Crippen molar-refractivity contribution >= 4 is 0 Å². The second kappa shape index (κ2) is 6.17. The highest BCUT2D eigenvalue weighted by molar-refractivity contribution is 5.43. The van der Waals surface area contributed by atoms with Gasteiger partial charge in [-0.15, -0.1) is 0 Å². The molecule has 20 heavy (non-hydrogen) atoms. The van der Waals surface area contributed by atoms with Crippen molar-refractivity contribution in [1.82, 2.24) is 5.32 Å². The molecule has 1 fully saturated rings. The maximum absolute atomic E-state index is 5.55. The first-order valence-electron chi connectivity index (χ1n) is 8.22. The van der Waals surface area contributed by atoms with Gasteiger partial charge in [0.05, 0.1) is 7.11 Å². The summed E-state index contributed by atoms with van der Waals surface area (Å²) >= 11 is 0. The molecule has 1 aliphatic heterocycles.